The van der Waals surface area contributed by atoms with Crippen LogP contribution in [0.2, 0.25) is 0 Å². The van der Waals surface area contributed by atoms with Gasteiger partial charge in [-0.1, -0.05) is 32.1 Å². The van der Waals surface area contributed by atoms with Crippen LogP contribution < -0.4 is 14.2 Å². The number of carbonyl (C=O) groups excluding carboxylic acids is 1. The van der Waals surface area contributed by atoms with Crippen LogP contribution in [0.15, 0.2) is 42.5 Å². The minimum absolute atomic E-state index is 0.301. The van der Waals surface area contributed by atoms with E-state index in [1.54, 1.807) is 11.3 Å². The summed E-state index contributed by atoms with van der Waals surface area (Å²) in [4.78, 5) is 15.3. The lowest BCUT2D eigenvalue weighted by Crippen LogP contribution is -2.33. The van der Waals surface area contributed by atoms with E-state index in [0.717, 1.165) is 33.9 Å². The van der Waals surface area contributed by atoms with Crippen LogP contribution >= 0.6 is 11.3 Å². The fourth-order valence-electron chi connectivity index (χ4n) is 5.41. The largest absolute Gasteiger partial charge is 0.492 e. The molecule has 5 rings (SSSR count). The van der Waals surface area contributed by atoms with Crippen molar-refractivity contribution in [3.63, 3.8) is 0 Å². The van der Waals surface area contributed by atoms with Crippen molar-refractivity contribution in [2.24, 2.45) is 0 Å². The number of hydrogen-bond acceptors (Lipinski definition) is 6. The second-order valence-electron chi connectivity index (χ2n) is 10.1. The van der Waals surface area contributed by atoms with Crippen LogP contribution in [0.5, 0.6) is 23.0 Å². The summed E-state index contributed by atoms with van der Waals surface area (Å²) in [7, 11) is 0. The number of hydrogen-bond donors (Lipinski definition) is 0. The lowest BCUT2D eigenvalue weighted by Gasteiger charge is -2.26. The van der Waals surface area contributed by atoms with Gasteiger partial charge >= 0.3 is 5.97 Å². The number of benzene rings is 2. The number of carbonyl (C=O) groups is 1. The highest BCUT2D eigenvalue weighted by Crippen LogP contribution is 2.48. The van der Waals surface area contributed by atoms with E-state index in [0.29, 0.717) is 18.3 Å². The molecule has 0 radical (unpaired) electrons. The fraction of sp³-hybridized carbons (Fsp3) is 0.500. The maximum atomic E-state index is 11.5. The van der Waals surface area contributed by atoms with Crippen molar-refractivity contribution in [3.05, 3.63) is 47.3 Å². The van der Waals surface area contributed by atoms with Crippen molar-refractivity contribution in [2.45, 2.75) is 70.6 Å². The monoisotopic (exact) mass is 507 g/mol. The summed E-state index contributed by atoms with van der Waals surface area (Å²) in [6.07, 6.45) is 11.5. The molecule has 0 N–H and O–H groups in total. The van der Waals surface area contributed by atoms with Gasteiger partial charge in [0, 0.05) is 23.6 Å². The van der Waals surface area contributed by atoms with Gasteiger partial charge in [-0.3, -0.25) is 9.69 Å². The van der Waals surface area contributed by atoms with Crippen molar-refractivity contribution >= 4 is 27.4 Å². The van der Waals surface area contributed by atoms with Gasteiger partial charge in [0.15, 0.2) is 0 Å². The Morgan fingerprint density at radius 1 is 0.889 bits per heavy atom. The van der Waals surface area contributed by atoms with Crippen LogP contribution in [0.25, 0.3) is 10.1 Å². The Labute approximate surface area is 218 Å². The molecular formula is C30H37NO4S. The molecule has 1 aromatic heterocycles. The zero-order chi connectivity index (χ0) is 24.7. The zero-order valence-corrected chi connectivity index (χ0v) is 22.1. The van der Waals surface area contributed by atoms with Crippen LogP contribution in [-0.4, -0.2) is 37.1 Å². The van der Waals surface area contributed by atoms with Crippen LogP contribution in [-0.2, 0) is 4.79 Å². The van der Waals surface area contributed by atoms with Gasteiger partial charge in [0.25, 0.3) is 0 Å². The van der Waals surface area contributed by atoms with Gasteiger partial charge in [-0.25, -0.2) is 0 Å². The quantitative estimate of drug-likeness (QED) is 0.176. The summed E-state index contributed by atoms with van der Waals surface area (Å²) >= 11 is 1.78. The van der Waals surface area contributed by atoms with E-state index in [1.807, 2.05) is 42.5 Å². The molecule has 5 nitrogen and oxygen atoms in total. The molecule has 1 aliphatic carbocycles. The first-order valence-electron chi connectivity index (χ1n) is 13.5. The Balaban J connectivity index is 1.32. The average Bonchev–Trinajstić information content (AvgIpc) is 3.04. The molecule has 1 saturated carbocycles. The van der Waals surface area contributed by atoms with Crippen LogP contribution in [0.1, 0.15) is 75.5 Å². The van der Waals surface area contributed by atoms with Crippen molar-refractivity contribution in [1.82, 2.24) is 4.90 Å². The highest BCUT2D eigenvalue weighted by Gasteiger charge is 2.24. The molecular weight excluding hydrogens is 470 g/mol. The van der Waals surface area contributed by atoms with Gasteiger partial charge in [0.05, 0.1) is 4.88 Å². The predicted octanol–water partition coefficient (Wildman–Crippen LogP) is 7.92. The van der Waals surface area contributed by atoms with Crippen LogP contribution in [0, 0.1) is 0 Å². The number of thiophene rings is 1. The molecule has 6 heteroatoms. The summed E-state index contributed by atoms with van der Waals surface area (Å²) in [5.41, 5.74) is 0. The number of esters is 1. The molecule has 2 aromatic carbocycles. The molecule has 0 bridgehead atoms. The predicted molar refractivity (Wildman–Crippen MR) is 146 cm³/mol. The number of rotatable bonds is 8. The summed E-state index contributed by atoms with van der Waals surface area (Å²) in [5, 5.41) is 1.08. The third-order valence-corrected chi connectivity index (χ3v) is 8.59. The Hall–Kier alpha value is -2.57. The van der Waals surface area contributed by atoms with E-state index in [4.69, 9.17) is 14.2 Å². The molecule has 0 amide bonds. The third kappa shape index (κ3) is 6.40. The normalized spacial score (nSPS) is 17.6. The summed E-state index contributed by atoms with van der Waals surface area (Å²) < 4.78 is 19.0. The lowest BCUT2D eigenvalue weighted by molar-refractivity contribution is -0.131. The first-order chi connectivity index (χ1) is 17.7. The summed E-state index contributed by atoms with van der Waals surface area (Å²) in [5.74, 6) is 3.44. The number of piperidine rings is 1. The van der Waals surface area contributed by atoms with E-state index >= 15 is 0 Å². The second-order valence-corrected chi connectivity index (χ2v) is 11.1. The second kappa shape index (κ2) is 12.1. The van der Waals surface area contributed by atoms with Crippen LogP contribution in [0.3, 0.4) is 0 Å². The highest BCUT2D eigenvalue weighted by molar-refractivity contribution is 7.19. The number of ether oxygens (including phenoxy) is 3. The van der Waals surface area contributed by atoms with E-state index in [1.165, 1.54) is 82.7 Å². The minimum atomic E-state index is -0.301. The number of nitrogens with zero attached hydrogens (tertiary/aromatic N) is 1. The van der Waals surface area contributed by atoms with Gasteiger partial charge in [0.2, 0.25) is 0 Å². The average molecular weight is 508 g/mol. The molecule has 0 unspecified atom stereocenters. The van der Waals surface area contributed by atoms with Crippen molar-refractivity contribution in [2.75, 3.05) is 26.2 Å². The first-order valence-corrected chi connectivity index (χ1v) is 14.4. The SMILES string of the molecule is CC(=O)Oc1ccc2c(Oc3ccc(OCCN4CCCCC4)cc3)c(C3CCCCCC3)sc2c1. The first kappa shape index (κ1) is 25.1. The Morgan fingerprint density at radius 3 is 2.28 bits per heavy atom. The van der Waals surface area contributed by atoms with Crippen molar-refractivity contribution in [3.8, 4) is 23.0 Å². The Kier molecular flexibility index (Phi) is 8.44. The van der Waals surface area contributed by atoms with Crippen molar-refractivity contribution in [1.29, 1.82) is 0 Å². The van der Waals surface area contributed by atoms with Crippen LogP contribution in [0.4, 0.5) is 0 Å². The molecule has 3 aromatic rings. The third-order valence-electron chi connectivity index (χ3n) is 7.30. The van der Waals surface area contributed by atoms with Gasteiger partial charge in [-0.15, -0.1) is 11.3 Å². The van der Waals surface area contributed by atoms with Crippen molar-refractivity contribution < 1.29 is 19.0 Å². The van der Waals surface area contributed by atoms with E-state index in [9.17, 15) is 4.79 Å². The molecule has 2 aliphatic rings. The number of likely N-dealkylation sites (tertiary alicyclic amines) is 1. The topological polar surface area (TPSA) is 48.0 Å². The smallest absolute Gasteiger partial charge is 0.308 e. The molecule has 0 atom stereocenters. The summed E-state index contributed by atoms with van der Waals surface area (Å²) in [6, 6.07) is 13.9. The molecule has 2 fully saturated rings. The zero-order valence-electron chi connectivity index (χ0n) is 21.3. The molecule has 1 saturated heterocycles. The van der Waals surface area contributed by atoms with Gasteiger partial charge in [-0.05, 0) is 87.2 Å². The highest BCUT2D eigenvalue weighted by atomic mass is 32.1. The maximum Gasteiger partial charge on any atom is 0.308 e. The lowest BCUT2D eigenvalue weighted by atomic mass is 9.97. The van der Waals surface area contributed by atoms with E-state index in [-0.39, 0.29) is 5.97 Å². The molecule has 1 aliphatic heterocycles. The molecule has 2 heterocycles. The fourth-order valence-corrected chi connectivity index (χ4v) is 6.74. The standard InChI is InChI=1S/C30H37NO4S/c1-22(32)34-26-15-16-27-28(21-26)36-30(23-9-5-2-3-6-10-23)29(27)35-25-13-11-24(12-14-25)33-20-19-31-17-7-4-8-18-31/h11-16,21,23H,2-10,17-20H2,1H3. The summed E-state index contributed by atoms with van der Waals surface area (Å²) in [6.45, 7) is 5.52. The Bertz CT molecular complexity index is 1140. The molecule has 192 valence electrons. The number of fused-ring (bicyclic) bond motifs is 1. The van der Waals surface area contributed by atoms with Gasteiger partial charge < -0.3 is 14.2 Å². The van der Waals surface area contributed by atoms with Gasteiger partial charge in [-0.2, -0.15) is 0 Å². The Morgan fingerprint density at radius 2 is 1.56 bits per heavy atom. The maximum absolute atomic E-state index is 11.5. The van der Waals surface area contributed by atoms with E-state index < -0.39 is 0 Å². The molecule has 0 spiro atoms. The van der Waals surface area contributed by atoms with Gasteiger partial charge in [0.1, 0.15) is 29.6 Å². The molecule has 36 heavy (non-hydrogen) atoms. The van der Waals surface area contributed by atoms with E-state index in [2.05, 4.69) is 4.90 Å². The minimum Gasteiger partial charge on any atom is -0.492 e.